The van der Waals surface area contributed by atoms with Gasteiger partial charge in [-0.05, 0) is 49.1 Å². The number of benzene rings is 2. The molecule has 0 aliphatic carbocycles. The van der Waals surface area contributed by atoms with E-state index in [1.165, 1.54) is 0 Å². The molecule has 40 heavy (non-hydrogen) atoms. The summed E-state index contributed by atoms with van der Waals surface area (Å²) < 4.78 is 17.1. The van der Waals surface area contributed by atoms with Gasteiger partial charge < -0.3 is 24.2 Å². The lowest BCUT2D eigenvalue weighted by Crippen LogP contribution is -2.38. The first-order valence-electron chi connectivity index (χ1n) is 14.6. The number of aliphatic hydroxyl groups is 1. The molecule has 8 heteroatoms. The zero-order valence-corrected chi connectivity index (χ0v) is 23.8. The molecular formula is C32H42N2O6. The minimum Gasteiger partial charge on any atom is -0.507 e. The average Bonchev–Trinajstić information content (AvgIpc) is 3.23. The van der Waals surface area contributed by atoms with Crippen LogP contribution in [0, 0.1) is 0 Å². The second-order valence-corrected chi connectivity index (χ2v) is 10.3. The number of ether oxygens (including phenoxy) is 3. The molecule has 2 heterocycles. The van der Waals surface area contributed by atoms with Gasteiger partial charge >= 0.3 is 0 Å². The summed E-state index contributed by atoms with van der Waals surface area (Å²) in [5.74, 6) is -0.106. The van der Waals surface area contributed by atoms with Crippen molar-refractivity contribution in [1.29, 1.82) is 0 Å². The van der Waals surface area contributed by atoms with Crippen LogP contribution in [0.1, 0.15) is 63.1 Å². The highest BCUT2D eigenvalue weighted by molar-refractivity contribution is 6.46. The number of aliphatic hydroxyl groups excluding tert-OH is 1. The summed E-state index contributed by atoms with van der Waals surface area (Å²) in [4.78, 5) is 30.7. The number of hydrogen-bond acceptors (Lipinski definition) is 7. The van der Waals surface area contributed by atoms with E-state index in [0.717, 1.165) is 56.6 Å². The maximum absolute atomic E-state index is 13.4. The Hall–Kier alpha value is -3.36. The van der Waals surface area contributed by atoms with Crippen molar-refractivity contribution in [3.8, 4) is 11.5 Å². The van der Waals surface area contributed by atoms with Crippen molar-refractivity contribution in [3.05, 3.63) is 65.2 Å². The number of carbonyl (C=O) groups excluding carboxylic acids is 2. The van der Waals surface area contributed by atoms with E-state index in [9.17, 15) is 14.7 Å². The molecule has 2 saturated heterocycles. The molecule has 4 rings (SSSR count). The van der Waals surface area contributed by atoms with Gasteiger partial charge in [0.15, 0.2) is 0 Å². The lowest BCUT2D eigenvalue weighted by atomic mass is 9.95. The molecule has 8 nitrogen and oxygen atoms in total. The molecule has 1 unspecified atom stereocenters. The summed E-state index contributed by atoms with van der Waals surface area (Å²) in [6.07, 6.45) is 4.65. The van der Waals surface area contributed by atoms with Crippen molar-refractivity contribution in [2.75, 3.05) is 52.6 Å². The predicted octanol–water partition coefficient (Wildman–Crippen LogP) is 5.19. The van der Waals surface area contributed by atoms with E-state index in [1.807, 2.05) is 30.3 Å². The molecule has 0 bridgehead atoms. The molecule has 2 aromatic rings. The number of carbonyl (C=O) groups is 2. The van der Waals surface area contributed by atoms with E-state index in [0.29, 0.717) is 50.7 Å². The number of rotatable bonds is 14. The molecule has 0 spiro atoms. The number of unbranched alkanes of at least 4 members (excludes halogenated alkanes) is 2. The molecule has 1 N–H and O–H groups in total. The summed E-state index contributed by atoms with van der Waals surface area (Å²) in [5.41, 5.74) is 1.30. The van der Waals surface area contributed by atoms with E-state index in [4.69, 9.17) is 14.2 Å². The van der Waals surface area contributed by atoms with Gasteiger partial charge in [0.2, 0.25) is 0 Å². The second kappa shape index (κ2) is 14.9. The Balaban J connectivity index is 1.63. The van der Waals surface area contributed by atoms with Gasteiger partial charge in [0.05, 0.1) is 38.0 Å². The Morgan fingerprint density at radius 1 is 0.900 bits per heavy atom. The van der Waals surface area contributed by atoms with Crippen LogP contribution in [0.5, 0.6) is 11.5 Å². The lowest BCUT2D eigenvalue weighted by molar-refractivity contribution is -0.140. The van der Waals surface area contributed by atoms with Crippen molar-refractivity contribution in [3.63, 3.8) is 0 Å². The smallest absolute Gasteiger partial charge is 0.295 e. The average molecular weight is 551 g/mol. The third-order valence-corrected chi connectivity index (χ3v) is 7.35. The summed E-state index contributed by atoms with van der Waals surface area (Å²) in [6, 6.07) is 13.8. The first kappa shape index (κ1) is 29.6. The zero-order chi connectivity index (χ0) is 28.3. The van der Waals surface area contributed by atoms with Gasteiger partial charge in [-0.15, -0.1) is 0 Å². The topological polar surface area (TPSA) is 88.5 Å². The number of nitrogens with zero attached hydrogens (tertiary/aromatic N) is 2. The van der Waals surface area contributed by atoms with Crippen LogP contribution in [0.3, 0.4) is 0 Å². The fourth-order valence-electron chi connectivity index (χ4n) is 5.05. The monoisotopic (exact) mass is 550 g/mol. The van der Waals surface area contributed by atoms with Gasteiger partial charge in [-0.3, -0.25) is 14.5 Å². The molecule has 1 atom stereocenters. The summed E-state index contributed by atoms with van der Waals surface area (Å²) >= 11 is 0. The molecular weight excluding hydrogens is 508 g/mol. The van der Waals surface area contributed by atoms with Crippen molar-refractivity contribution in [2.24, 2.45) is 0 Å². The Morgan fingerprint density at radius 2 is 1.57 bits per heavy atom. The van der Waals surface area contributed by atoms with Crippen molar-refractivity contribution >= 4 is 17.4 Å². The fourth-order valence-corrected chi connectivity index (χ4v) is 5.05. The van der Waals surface area contributed by atoms with Crippen LogP contribution in [-0.2, 0) is 14.3 Å². The van der Waals surface area contributed by atoms with Crippen molar-refractivity contribution in [2.45, 2.75) is 52.0 Å². The highest BCUT2D eigenvalue weighted by Gasteiger charge is 2.45. The number of Topliss-reactive ketones (excluding diaryl/α,β-unsaturated/α-hetero) is 1. The number of likely N-dealkylation sites (tertiary alicyclic amines) is 1. The first-order chi connectivity index (χ1) is 19.5. The molecule has 1 amide bonds. The molecule has 216 valence electrons. The van der Waals surface area contributed by atoms with Gasteiger partial charge in [0.1, 0.15) is 17.3 Å². The number of amides is 1. The number of morpholine rings is 1. The Bertz CT molecular complexity index is 1160. The van der Waals surface area contributed by atoms with E-state index in [2.05, 4.69) is 18.7 Å². The number of ketones is 1. The fraction of sp³-hybridized carbons (Fsp3) is 0.500. The van der Waals surface area contributed by atoms with E-state index in [-0.39, 0.29) is 11.3 Å². The lowest BCUT2D eigenvalue weighted by Gasteiger charge is -2.29. The third kappa shape index (κ3) is 7.43. The van der Waals surface area contributed by atoms with Crippen LogP contribution in [0.2, 0.25) is 0 Å². The van der Waals surface area contributed by atoms with Crippen LogP contribution < -0.4 is 9.47 Å². The maximum Gasteiger partial charge on any atom is 0.295 e. The van der Waals surface area contributed by atoms with Crippen LogP contribution in [0.15, 0.2) is 54.1 Å². The second-order valence-electron chi connectivity index (χ2n) is 10.3. The molecule has 2 aliphatic rings. The minimum atomic E-state index is -0.695. The maximum atomic E-state index is 13.4. The minimum absolute atomic E-state index is 0.0988. The Labute approximate surface area is 237 Å². The Kier molecular flexibility index (Phi) is 11.0. The van der Waals surface area contributed by atoms with Gasteiger partial charge in [0, 0.05) is 31.7 Å². The molecule has 2 fully saturated rings. The summed E-state index contributed by atoms with van der Waals surface area (Å²) in [7, 11) is 0. The quantitative estimate of drug-likeness (QED) is 0.150. The SMILES string of the molecule is CCCCOc1ccc(C2C(=C(O)c3cccc(OCCCC)c3)C(=O)C(=O)N2CCCN2CCOCC2)cc1. The van der Waals surface area contributed by atoms with Gasteiger partial charge in [-0.25, -0.2) is 0 Å². The van der Waals surface area contributed by atoms with E-state index >= 15 is 0 Å². The molecule has 2 aromatic carbocycles. The predicted molar refractivity (Wildman–Crippen MR) is 155 cm³/mol. The summed E-state index contributed by atoms with van der Waals surface area (Å²) in [6.45, 7) is 9.75. The molecule has 0 aromatic heterocycles. The highest BCUT2D eigenvalue weighted by atomic mass is 16.5. The Morgan fingerprint density at radius 3 is 2.25 bits per heavy atom. The van der Waals surface area contributed by atoms with Crippen molar-refractivity contribution in [1.82, 2.24) is 9.80 Å². The van der Waals surface area contributed by atoms with Crippen LogP contribution in [-0.4, -0.2) is 79.2 Å². The summed E-state index contributed by atoms with van der Waals surface area (Å²) in [5, 5.41) is 11.5. The van der Waals surface area contributed by atoms with E-state index < -0.39 is 17.7 Å². The largest absolute Gasteiger partial charge is 0.507 e. The molecule has 0 saturated carbocycles. The van der Waals surface area contributed by atoms with Crippen LogP contribution >= 0.6 is 0 Å². The number of hydrogen-bond donors (Lipinski definition) is 1. The molecule has 2 aliphatic heterocycles. The van der Waals surface area contributed by atoms with Crippen molar-refractivity contribution < 1.29 is 28.9 Å². The van der Waals surface area contributed by atoms with Crippen LogP contribution in [0.4, 0.5) is 0 Å². The molecule has 0 radical (unpaired) electrons. The van der Waals surface area contributed by atoms with Gasteiger partial charge in [-0.2, -0.15) is 0 Å². The first-order valence-corrected chi connectivity index (χ1v) is 14.6. The zero-order valence-electron chi connectivity index (χ0n) is 23.8. The standard InChI is InChI=1S/C32H42N2O6/c1-3-5-19-39-26-13-11-24(12-14-26)29-28(30(35)25-9-7-10-27(23-25)40-20-6-4-2)31(36)32(37)34(29)16-8-15-33-17-21-38-22-18-33/h7,9-14,23,29,35H,3-6,8,15-22H2,1-2H3. The highest BCUT2D eigenvalue weighted by Crippen LogP contribution is 2.40. The van der Waals surface area contributed by atoms with E-state index in [1.54, 1.807) is 23.1 Å². The normalized spacial score (nSPS) is 19.2. The third-order valence-electron chi connectivity index (χ3n) is 7.35. The van der Waals surface area contributed by atoms with Gasteiger partial charge in [0.25, 0.3) is 11.7 Å². The van der Waals surface area contributed by atoms with Gasteiger partial charge in [-0.1, -0.05) is 51.0 Å². The van der Waals surface area contributed by atoms with Crippen LogP contribution in [0.25, 0.3) is 5.76 Å².